The van der Waals surface area contributed by atoms with E-state index in [2.05, 4.69) is 6.08 Å². The lowest BCUT2D eigenvalue weighted by atomic mass is 9.82. The number of carboxylic acids is 1. The predicted molar refractivity (Wildman–Crippen MR) is 81.8 cm³/mol. The summed E-state index contributed by atoms with van der Waals surface area (Å²) in [6.45, 7) is 1.88. The molecule has 0 aliphatic heterocycles. The summed E-state index contributed by atoms with van der Waals surface area (Å²) in [6, 6.07) is 7.95. The minimum Gasteiger partial charge on any atom is -0.508 e. The topological polar surface area (TPSA) is 57.5 Å². The molecule has 0 spiro atoms. The molecule has 3 rings (SSSR count). The van der Waals surface area contributed by atoms with Crippen molar-refractivity contribution in [2.45, 2.75) is 19.8 Å². The first kappa shape index (κ1) is 13.7. The van der Waals surface area contributed by atoms with Crippen LogP contribution in [0, 0.1) is 11.8 Å². The third kappa shape index (κ3) is 2.64. The first-order valence-corrected chi connectivity index (χ1v) is 7.15. The number of hydrogen-bond donors (Lipinski definition) is 2. The second-order valence-electron chi connectivity index (χ2n) is 5.77. The second-order valence-corrected chi connectivity index (χ2v) is 5.77. The van der Waals surface area contributed by atoms with Gasteiger partial charge in [0.25, 0.3) is 0 Å². The summed E-state index contributed by atoms with van der Waals surface area (Å²) in [7, 11) is 0. The molecule has 0 bridgehead atoms. The van der Waals surface area contributed by atoms with E-state index in [1.54, 1.807) is 0 Å². The highest BCUT2D eigenvalue weighted by Crippen LogP contribution is 2.38. The van der Waals surface area contributed by atoms with Crippen molar-refractivity contribution in [3.8, 4) is 0 Å². The van der Waals surface area contributed by atoms with Crippen molar-refractivity contribution >= 4 is 11.5 Å². The summed E-state index contributed by atoms with van der Waals surface area (Å²) >= 11 is 0. The highest BCUT2D eigenvalue weighted by atomic mass is 16.4. The maximum atomic E-state index is 11.2. The minimum atomic E-state index is -0.815. The summed E-state index contributed by atoms with van der Waals surface area (Å²) < 4.78 is 0. The number of allylic oxidation sites excluding steroid dienone is 4. The first-order chi connectivity index (χ1) is 10.0. The lowest BCUT2D eigenvalue weighted by Gasteiger charge is -2.23. The number of fused-ring (bicyclic) bond motifs is 2. The van der Waals surface area contributed by atoms with Gasteiger partial charge in [-0.2, -0.15) is 0 Å². The van der Waals surface area contributed by atoms with Crippen molar-refractivity contribution in [1.29, 1.82) is 0 Å². The molecule has 0 fully saturated rings. The Kier molecular flexibility index (Phi) is 3.42. The molecule has 0 heterocycles. The Labute approximate surface area is 123 Å². The van der Waals surface area contributed by atoms with Gasteiger partial charge in [0, 0.05) is 5.92 Å². The van der Waals surface area contributed by atoms with Gasteiger partial charge < -0.3 is 10.2 Å². The molecule has 0 aromatic heterocycles. The van der Waals surface area contributed by atoms with E-state index < -0.39 is 5.97 Å². The molecule has 1 aromatic carbocycles. The van der Waals surface area contributed by atoms with Gasteiger partial charge in [-0.3, -0.25) is 4.79 Å². The van der Waals surface area contributed by atoms with Crippen LogP contribution in [-0.2, 0) is 11.2 Å². The van der Waals surface area contributed by atoms with Crippen molar-refractivity contribution in [1.82, 2.24) is 0 Å². The summed E-state index contributed by atoms with van der Waals surface area (Å²) in [5, 5.41) is 19.1. The van der Waals surface area contributed by atoms with Crippen LogP contribution in [0.5, 0.6) is 0 Å². The summed E-state index contributed by atoms with van der Waals surface area (Å²) in [4.78, 5) is 11.2. The molecule has 0 amide bonds. The average molecular weight is 282 g/mol. The maximum absolute atomic E-state index is 11.2. The smallest absolute Gasteiger partial charge is 0.307 e. The summed E-state index contributed by atoms with van der Waals surface area (Å²) in [6.07, 6.45) is 6.83. The van der Waals surface area contributed by atoms with E-state index in [-0.39, 0.29) is 18.3 Å². The normalized spacial score (nSPS) is 24.0. The zero-order valence-electron chi connectivity index (χ0n) is 11.9. The SMILES string of the molecule is CC1=CC2C=C(CC(=O)O)c3ccccc3CC2C=C1O. The number of aliphatic hydroxyl groups is 1. The van der Waals surface area contributed by atoms with Crippen LogP contribution in [-0.4, -0.2) is 16.2 Å². The highest BCUT2D eigenvalue weighted by Gasteiger charge is 2.27. The molecule has 0 radical (unpaired) electrons. The molecule has 0 saturated heterocycles. The first-order valence-electron chi connectivity index (χ1n) is 7.15. The molecule has 21 heavy (non-hydrogen) atoms. The fourth-order valence-electron chi connectivity index (χ4n) is 3.21. The number of hydrogen-bond acceptors (Lipinski definition) is 2. The Balaban J connectivity index is 2.10. The van der Waals surface area contributed by atoms with Gasteiger partial charge in [-0.25, -0.2) is 0 Å². The van der Waals surface area contributed by atoms with Gasteiger partial charge in [0.1, 0.15) is 5.76 Å². The minimum absolute atomic E-state index is 0.0306. The Bertz CT molecular complexity index is 679. The fourth-order valence-corrected chi connectivity index (χ4v) is 3.21. The van der Waals surface area contributed by atoms with Crippen molar-refractivity contribution in [2.24, 2.45) is 11.8 Å². The Morgan fingerprint density at radius 3 is 2.76 bits per heavy atom. The molecule has 2 N–H and O–H groups in total. The third-order valence-corrected chi connectivity index (χ3v) is 4.27. The zero-order valence-corrected chi connectivity index (χ0v) is 11.9. The lowest BCUT2D eigenvalue weighted by molar-refractivity contribution is -0.135. The van der Waals surface area contributed by atoms with Gasteiger partial charge in [-0.1, -0.05) is 36.4 Å². The third-order valence-electron chi connectivity index (χ3n) is 4.27. The fraction of sp³-hybridized carbons (Fsp3) is 0.278. The Hall–Kier alpha value is -2.29. The number of benzene rings is 1. The van der Waals surface area contributed by atoms with Crippen LogP contribution in [0.1, 0.15) is 24.5 Å². The molecule has 3 nitrogen and oxygen atoms in total. The maximum Gasteiger partial charge on any atom is 0.307 e. The van der Waals surface area contributed by atoms with Gasteiger partial charge in [-0.15, -0.1) is 0 Å². The van der Waals surface area contributed by atoms with E-state index in [1.807, 2.05) is 43.3 Å². The van der Waals surface area contributed by atoms with E-state index >= 15 is 0 Å². The van der Waals surface area contributed by atoms with E-state index in [9.17, 15) is 9.90 Å². The van der Waals surface area contributed by atoms with Gasteiger partial charge in [0.2, 0.25) is 0 Å². The van der Waals surface area contributed by atoms with Crippen molar-refractivity contribution in [3.63, 3.8) is 0 Å². The van der Waals surface area contributed by atoms with E-state index in [0.717, 1.165) is 28.7 Å². The zero-order chi connectivity index (χ0) is 15.0. The Morgan fingerprint density at radius 1 is 1.24 bits per heavy atom. The van der Waals surface area contributed by atoms with Gasteiger partial charge in [0.15, 0.2) is 0 Å². The molecular weight excluding hydrogens is 264 g/mol. The van der Waals surface area contributed by atoms with Crippen LogP contribution in [0.15, 0.2) is 53.8 Å². The molecule has 2 aliphatic rings. The van der Waals surface area contributed by atoms with Crippen molar-refractivity contribution in [3.05, 3.63) is 65.0 Å². The van der Waals surface area contributed by atoms with Crippen molar-refractivity contribution < 1.29 is 15.0 Å². The monoisotopic (exact) mass is 282 g/mol. The summed E-state index contributed by atoms with van der Waals surface area (Å²) in [5.74, 6) is -0.156. The molecule has 2 atom stereocenters. The van der Waals surface area contributed by atoms with Crippen LogP contribution < -0.4 is 0 Å². The quantitative estimate of drug-likeness (QED) is 0.868. The standard InChI is InChI=1S/C18H18O3/c1-11-6-13-8-15(10-18(20)21)16-5-3-2-4-12(16)7-14(13)9-17(11)19/h2-6,8-9,13-14,19H,7,10H2,1H3,(H,20,21). The van der Waals surface area contributed by atoms with Crippen molar-refractivity contribution in [2.75, 3.05) is 0 Å². The number of rotatable bonds is 2. The van der Waals surface area contributed by atoms with E-state index in [0.29, 0.717) is 5.76 Å². The second kappa shape index (κ2) is 5.24. The van der Waals surface area contributed by atoms with Crippen LogP contribution in [0.2, 0.25) is 0 Å². The molecular formula is C18H18O3. The van der Waals surface area contributed by atoms with Crippen LogP contribution in [0.3, 0.4) is 0 Å². The average Bonchev–Trinajstić information content (AvgIpc) is 2.56. The number of carbonyl (C=O) groups is 1. The summed E-state index contributed by atoms with van der Waals surface area (Å²) in [5.41, 5.74) is 3.89. The van der Waals surface area contributed by atoms with Crippen LogP contribution in [0.25, 0.3) is 5.57 Å². The molecule has 2 aliphatic carbocycles. The van der Waals surface area contributed by atoms with Gasteiger partial charge >= 0.3 is 5.97 Å². The number of aliphatic hydroxyl groups excluding tert-OH is 1. The largest absolute Gasteiger partial charge is 0.508 e. The van der Waals surface area contributed by atoms with Gasteiger partial charge in [0.05, 0.1) is 6.42 Å². The molecule has 1 aromatic rings. The van der Waals surface area contributed by atoms with Crippen LogP contribution >= 0.6 is 0 Å². The molecule has 108 valence electrons. The number of carboxylic acid groups (broad SMARTS) is 1. The van der Waals surface area contributed by atoms with E-state index in [4.69, 9.17) is 5.11 Å². The molecule has 0 saturated carbocycles. The van der Waals surface area contributed by atoms with Gasteiger partial charge in [-0.05, 0) is 47.6 Å². The van der Waals surface area contributed by atoms with Crippen LogP contribution in [0.4, 0.5) is 0 Å². The predicted octanol–water partition coefficient (Wildman–Crippen LogP) is 3.74. The highest BCUT2D eigenvalue weighted by molar-refractivity contribution is 5.85. The molecule has 3 heteroatoms. The lowest BCUT2D eigenvalue weighted by Crippen LogP contribution is -2.15. The Morgan fingerprint density at radius 2 is 2.00 bits per heavy atom. The van der Waals surface area contributed by atoms with E-state index in [1.165, 1.54) is 0 Å². The number of aliphatic carboxylic acids is 1. The molecule has 2 unspecified atom stereocenters.